The van der Waals surface area contributed by atoms with E-state index in [-0.39, 0.29) is 117 Å². The molecule has 2 heterocycles. The Hall–Kier alpha value is -7.10. The standard InChI is InChI=1S/C42H55N5O12S.C35H47N5O9S.2Na/c1-28-25-30(11-12-36(28)45-46-38-35(26-43)29(2)37(27-44)60-38)47(14-16-55-21-23-58-41(52)33-9-5-3-7-31(33)39(48)49)13-15-54-17-18-56-19-20-57-22-24-59-42(53)34-10-6-4-8-32(34)40(50)51;1-6-40(26-11-12-29(30(23-26)43-4)38-39-33-32(37-3)25(2)31(24-36)50-33)13-14-45-15-16-46-17-18-47-19-20-48-21-22-49-35(42)28-10-8-7-9-27(28)34(41)44-5;;/h11-12,25,31-34H,3-10,13-24H2,1-2H3,(H,48,49)(H,50,51);11-12,23,27-28H,6-10,13-22H2,1-2,4-5H3;;/q;;2*+1/p-2. The largest absolute Gasteiger partial charge is 1.00 e. The number of nitrogens with zero attached hydrogens (tertiary/aromatic N) is 10. The zero-order chi connectivity index (χ0) is 79.4. The van der Waals surface area contributed by atoms with E-state index in [1.54, 1.807) is 21.0 Å². The monoisotopic (exact) mass is 1610 g/mol. The summed E-state index contributed by atoms with van der Waals surface area (Å²) in [5.74, 6) is -7.54. The third kappa shape index (κ3) is 32.3. The quantitative estimate of drug-likeness (QED) is 0.0151. The molecule has 6 unspecified atom stereocenters. The van der Waals surface area contributed by atoms with Gasteiger partial charge >= 0.3 is 83.0 Å². The molecule has 6 atom stereocenters. The van der Waals surface area contributed by atoms with Crippen LogP contribution in [0.25, 0.3) is 4.85 Å². The van der Waals surface area contributed by atoms with E-state index < -0.39 is 59.4 Å². The first-order chi connectivity index (χ1) is 53.4. The molecule has 0 saturated heterocycles. The number of methoxy groups -OCH3 is 2. The number of rotatable bonds is 47. The van der Waals surface area contributed by atoms with Crippen LogP contribution in [0.15, 0.2) is 56.9 Å². The summed E-state index contributed by atoms with van der Waals surface area (Å²) in [4.78, 5) is 80.7. The van der Waals surface area contributed by atoms with Gasteiger partial charge in [0.1, 0.15) is 59.3 Å². The first kappa shape index (κ1) is 97.3. The van der Waals surface area contributed by atoms with Crippen molar-refractivity contribution in [3.63, 3.8) is 0 Å². The van der Waals surface area contributed by atoms with Crippen LogP contribution in [-0.4, -0.2) is 202 Å². The van der Waals surface area contributed by atoms with Gasteiger partial charge in [-0.25, -0.2) is 4.85 Å². The second-order valence-electron chi connectivity index (χ2n) is 25.7. The van der Waals surface area contributed by atoms with Crippen LogP contribution in [0, 0.1) is 96.8 Å². The molecule has 31 nitrogen and oxygen atoms in total. The van der Waals surface area contributed by atoms with Crippen LogP contribution in [0.4, 0.5) is 38.4 Å². The Morgan fingerprint density at radius 1 is 0.473 bits per heavy atom. The number of azo groups is 2. The summed E-state index contributed by atoms with van der Waals surface area (Å²) in [6, 6.07) is 17.6. The van der Waals surface area contributed by atoms with Crippen molar-refractivity contribution in [3.8, 4) is 24.0 Å². The molecule has 0 radical (unpaired) electrons. The van der Waals surface area contributed by atoms with Crippen LogP contribution >= 0.6 is 22.7 Å². The minimum absolute atomic E-state index is 0. The molecule has 598 valence electrons. The molecule has 112 heavy (non-hydrogen) atoms. The Balaban J connectivity index is 0.000000472. The fourth-order valence-electron chi connectivity index (χ4n) is 12.6. The maximum Gasteiger partial charge on any atom is 1.00 e. The number of esters is 4. The van der Waals surface area contributed by atoms with Gasteiger partial charge in [0.25, 0.3) is 0 Å². The van der Waals surface area contributed by atoms with Crippen LogP contribution < -0.4 is 83.9 Å². The van der Waals surface area contributed by atoms with Crippen LogP contribution in [0.5, 0.6) is 5.75 Å². The zero-order valence-corrected chi connectivity index (χ0v) is 71.2. The summed E-state index contributed by atoms with van der Waals surface area (Å²) in [5, 5.41) is 69.0. The zero-order valence-electron chi connectivity index (χ0n) is 65.5. The molecule has 4 aromatic rings. The summed E-state index contributed by atoms with van der Waals surface area (Å²) >= 11 is 2.26. The molecule has 0 spiro atoms. The smallest absolute Gasteiger partial charge is 0.550 e. The molecule has 0 bridgehead atoms. The van der Waals surface area contributed by atoms with Gasteiger partial charge in [0.15, 0.2) is 5.00 Å². The number of thiophene rings is 2. The van der Waals surface area contributed by atoms with Crippen molar-refractivity contribution in [1.29, 1.82) is 15.8 Å². The third-order valence-electron chi connectivity index (χ3n) is 18.7. The number of carboxylic acids is 2. The van der Waals surface area contributed by atoms with E-state index in [1.165, 1.54) is 7.11 Å². The van der Waals surface area contributed by atoms with E-state index in [0.29, 0.717) is 197 Å². The normalized spacial score (nSPS) is 17.2. The second kappa shape index (κ2) is 55.4. The number of likely N-dealkylation sites (N-methyl/N-ethyl adjacent to an activating group) is 1. The number of carbonyl (C=O) groups excluding carboxylic acids is 6. The van der Waals surface area contributed by atoms with E-state index in [4.69, 9.17) is 68.2 Å². The molecule has 3 saturated carbocycles. The first-order valence-electron chi connectivity index (χ1n) is 37.0. The Kier molecular flexibility index (Phi) is 48.1. The van der Waals surface area contributed by atoms with Gasteiger partial charge in [-0.15, -0.1) is 38.0 Å². The predicted molar refractivity (Wildman–Crippen MR) is 399 cm³/mol. The summed E-state index contributed by atoms with van der Waals surface area (Å²) in [6.07, 6.45) is 7.93. The number of aliphatic carboxylic acids is 2. The van der Waals surface area contributed by atoms with Crippen LogP contribution in [-0.2, 0) is 85.6 Å². The Labute approximate surface area is 707 Å². The number of carboxylic acid groups (broad SMARTS) is 2. The average Bonchev–Trinajstić information content (AvgIpc) is 1.52. The predicted octanol–water partition coefficient (Wildman–Crippen LogP) is 3.92. The van der Waals surface area contributed by atoms with Gasteiger partial charge in [0.2, 0.25) is 5.69 Å². The minimum Gasteiger partial charge on any atom is -0.550 e. The number of hydrogen-bond acceptors (Lipinski definition) is 32. The maximum absolute atomic E-state index is 12.6. The molecule has 7 rings (SSSR count). The third-order valence-corrected chi connectivity index (χ3v) is 20.9. The molecule has 0 N–H and O–H groups in total. The van der Waals surface area contributed by atoms with Crippen LogP contribution in [0.1, 0.15) is 116 Å². The van der Waals surface area contributed by atoms with Crippen molar-refractivity contribution in [3.05, 3.63) is 79.8 Å². The molecular weight excluding hydrogens is 1510 g/mol. The average molecular weight is 1610 g/mol. The fraction of sp³-hybridized carbons (Fsp3) is 0.610. The van der Waals surface area contributed by atoms with Crippen LogP contribution in [0.2, 0.25) is 0 Å². The van der Waals surface area contributed by atoms with E-state index in [2.05, 4.69) is 60.2 Å². The number of aryl methyl sites for hydroxylation is 1. The number of hydrogen-bond donors (Lipinski definition) is 0. The number of nitriles is 3. The van der Waals surface area contributed by atoms with Crippen molar-refractivity contribution in [1.82, 2.24) is 0 Å². The Morgan fingerprint density at radius 2 is 0.830 bits per heavy atom. The Bertz CT molecular complexity index is 3840. The van der Waals surface area contributed by atoms with Gasteiger partial charge in [-0.05, 0) is 113 Å². The molecule has 3 aliphatic rings. The minimum atomic E-state index is -1.22. The SMILES string of the molecule is Cc1cc(N(CCOCCOCCOCCOC(=O)C2CCCCC2C(=O)[O-])CCOCCOC(=O)C2CCCCC2C(=O)[O-])ccc1N=Nc1sc(C#N)c(C)c1C#N.[C-]#[N+]c1c(N=Nc2ccc(N(CC)CCOCCOCCOCCOCCOC(=O)C3CCCCC3C(=O)OC)cc2OC)sc(C#N)c1C.[Na+].[Na+]. The van der Waals surface area contributed by atoms with Gasteiger partial charge in [-0.3, -0.25) is 19.2 Å². The van der Waals surface area contributed by atoms with Crippen molar-refractivity contribution in [2.45, 2.75) is 105 Å². The van der Waals surface area contributed by atoms with Gasteiger partial charge in [-0.2, -0.15) is 20.9 Å². The molecular formula is C77H100N10Na2O21S2. The summed E-state index contributed by atoms with van der Waals surface area (Å²) in [5.41, 5.74) is 5.60. The number of benzene rings is 2. The van der Waals surface area contributed by atoms with Gasteiger partial charge in [0, 0.05) is 67.4 Å². The number of ether oxygens (including phenoxy) is 13. The van der Waals surface area contributed by atoms with Gasteiger partial charge in [0.05, 0.1) is 166 Å². The summed E-state index contributed by atoms with van der Waals surface area (Å²) < 4.78 is 71.3. The summed E-state index contributed by atoms with van der Waals surface area (Å²) in [6.45, 7) is 22.8. The van der Waals surface area contributed by atoms with Gasteiger partial charge < -0.3 is 91.2 Å². The molecule has 2 aromatic carbocycles. The molecule has 35 heteroatoms. The molecule has 3 fully saturated rings. The molecule has 0 amide bonds. The van der Waals surface area contributed by atoms with Crippen molar-refractivity contribution in [2.24, 2.45) is 56.0 Å². The topological polar surface area (TPSA) is 400 Å². The maximum atomic E-state index is 12.6. The second-order valence-corrected chi connectivity index (χ2v) is 27.7. The van der Waals surface area contributed by atoms with Crippen molar-refractivity contribution >= 4 is 96.9 Å². The van der Waals surface area contributed by atoms with Crippen LogP contribution in [0.3, 0.4) is 0 Å². The summed E-state index contributed by atoms with van der Waals surface area (Å²) in [7, 11) is 2.91. The molecule has 0 aliphatic heterocycles. The number of anilines is 2. The number of carbonyl (C=O) groups is 6. The van der Waals surface area contributed by atoms with Gasteiger partial charge in [-0.1, -0.05) is 38.5 Å². The Morgan fingerprint density at radius 3 is 1.22 bits per heavy atom. The molecule has 2 aromatic heterocycles. The molecule has 3 aliphatic carbocycles. The van der Waals surface area contributed by atoms with E-state index in [1.807, 2.05) is 43.3 Å². The van der Waals surface area contributed by atoms with E-state index >= 15 is 0 Å². The fourth-order valence-corrected chi connectivity index (χ4v) is 14.4. The van der Waals surface area contributed by atoms with E-state index in [0.717, 1.165) is 84.7 Å². The van der Waals surface area contributed by atoms with E-state index in [9.17, 15) is 54.8 Å². The first-order valence-corrected chi connectivity index (χ1v) is 38.6. The van der Waals surface area contributed by atoms with Crippen molar-refractivity contribution in [2.75, 3.05) is 176 Å². The van der Waals surface area contributed by atoms with Crippen molar-refractivity contribution < 1.29 is 160 Å².